The van der Waals surface area contributed by atoms with E-state index in [4.69, 9.17) is 22.1 Å². The predicted octanol–water partition coefficient (Wildman–Crippen LogP) is 2.75. The fourth-order valence-electron chi connectivity index (χ4n) is 1.24. The Morgan fingerprint density at radius 3 is 2.64 bits per heavy atom. The Morgan fingerprint density at radius 2 is 2.07 bits per heavy atom. The highest BCUT2D eigenvalue weighted by molar-refractivity contribution is 6.17. The third-order valence-electron chi connectivity index (χ3n) is 1.95. The molecule has 0 aliphatic carbocycles. The Hall–Kier alpha value is -1.51. The van der Waals surface area contributed by atoms with Crippen molar-refractivity contribution in [3.8, 4) is 12.1 Å². The maximum atomic E-state index is 8.82. The normalized spacial score (nSPS) is 9.07. The van der Waals surface area contributed by atoms with Crippen LogP contribution in [0.2, 0.25) is 0 Å². The van der Waals surface area contributed by atoms with Crippen molar-refractivity contribution >= 4 is 11.6 Å². The lowest BCUT2D eigenvalue weighted by molar-refractivity contribution is 1.00. The van der Waals surface area contributed by atoms with Crippen LogP contribution in [0.15, 0.2) is 18.2 Å². The monoisotopic (exact) mass is 204 g/mol. The van der Waals surface area contributed by atoms with E-state index >= 15 is 0 Å². The summed E-state index contributed by atoms with van der Waals surface area (Å²) in [5.41, 5.74) is 2.53. The van der Waals surface area contributed by atoms with Crippen molar-refractivity contribution < 1.29 is 0 Å². The van der Waals surface area contributed by atoms with E-state index in [1.807, 2.05) is 12.1 Å². The van der Waals surface area contributed by atoms with Gasteiger partial charge in [-0.3, -0.25) is 0 Å². The van der Waals surface area contributed by atoms with Crippen LogP contribution in [-0.2, 0) is 12.3 Å². The molecule has 0 spiro atoms. The number of hydrogen-bond donors (Lipinski definition) is 0. The Labute approximate surface area is 88.3 Å². The number of aryl methyl sites for hydroxylation is 1. The maximum absolute atomic E-state index is 8.82. The fraction of sp³-hybridized carbons (Fsp3) is 0.273. The van der Waals surface area contributed by atoms with Gasteiger partial charge in [0.15, 0.2) is 0 Å². The van der Waals surface area contributed by atoms with Crippen LogP contribution in [0.4, 0.5) is 0 Å². The lowest BCUT2D eigenvalue weighted by Crippen LogP contribution is -1.92. The van der Waals surface area contributed by atoms with Gasteiger partial charge in [0.25, 0.3) is 0 Å². The average molecular weight is 205 g/mol. The molecule has 1 aromatic carbocycles. The molecule has 0 atom stereocenters. The average Bonchev–Trinajstić information content (AvgIpc) is 2.25. The first-order valence-electron chi connectivity index (χ1n) is 4.26. The molecule has 3 heteroatoms. The van der Waals surface area contributed by atoms with Crippen molar-refractivity contribution in [2.75, 3.05) is 0 Å². The Balaban J connectivity index is 2.99. The molecule has 0 amide bonds. The minimum absolute atomic E-state index is 0.431. The van der Waals surface area contributed by atoms with E-state index in [9.17, 15) is 0 Å². The van der Waals surface area contributed by atoms with Gasteiger partial charge < -0.3 is 0 Å². The number of nitrogens with zero attached hydrogens (tertiary/aromatic N) is 2. The number of benzene rings is 1. The van der Waals surface area contributed by atoms with E-state index in [0.717, 1.165) is 11.1 Å². The van der Waals surface area contributed by atoms with Crippen LogP contribution >= 0.6 is 11.6 Å². The second-order valence-electron chi connectivity index (χ2n) is 2.90. The minimum atomic E-state index is 0.431. The molecule has 2 nitrogen and oxygen atoms in total. The Morgan fingerprint density at radius 1 is 1.29 bits per heavy atom. The van der Waals surface area contributed by atoms with Gasteiger partial charge >= 0.3 is 0 Å². The smallest absolute Gasteiger partial charge is 0.0994 e. The number of rotatable bonds is 3. The molecule has 0 saturated heterocycles. The number of alkyl halides is 1. The highest BCUT2D eigenvalue weighted by Gasteiger charge is 2.02. The number of hydrogen-bond acceptors (Lipinski definition) is 2. The zero-order valence-corrected chi connectivity index (χ0v) is 8.38. The van der Waals surface area contributed by atoms with Crippen LogP contribution in [0.3, 0.4) is 0 Å². The van der Waals surface area contributed by atoms with Gasteiger partial charge in [0.05, 0.1) is 17.7 Å². The van der Waals surface area contributed by atoms with E-state index in [-0.39, 0.29) is 0 Å². The highest BCUT2D eigenvalue weighted by Crippen LogP contribution is 2.14. The predicted molar refractivity (Wildman–Crippen MR) is 54.6 cm³/mol. The topological polar surface area (TPSA) is 47.6 Å². The molecule has 0 aliphatic rings. The molecule has 0 aliphatic heterocycles. The SMILES string of the molecule is N#CCCc1cc(CCl)ccc1C#N. The molecule has 0 heterocycles. The summed E-state index contributed by atoms with van der Waals surface area (Å²) in [5.74, 6) is 0.436. The largest absolute Gasteiger partial charge is 0.198 e. The summed E-state index contributed by atoms with van der Waals surface area (Å²) in [6.45, 7) is 0. The summed E-state index contributed by atoms with van der Waals surface area (Å²) < 4.78 is 0. The highest BCUT2D eigenvalue weighted by atomic mass is 35.5. The molecule has 0 aromatic heterocycles. The van der Waals surface area contributed by atoms with E-state index in [1.54, 1.807) is 6.07 Å². The summed E-state index contributed by atoms with van der Waals surface area (Å²) in [4.78, 5) is 0. The van der Waals surface area contributed by atoms with Crippen LogP contribution in [-0.4, -0.2) is 0 Å². The summed E-state index contributed by atoms with van der Waals surface area (Å²) in [7, 11) is 0. The van der Waals surface area contributed by atoms with Crippen LogP contribution in [0.5, 0.6) is 0 Å². The van der Waals surface area contributed by atoms with Crippen molar-refractivity contribution in [3.05, 3.63) is 34.9 Å². The van der Waals surface area contributed by atoms with Gasteiger partial charge in [-0.1, -0.05) is 12.1 Å². The summed E-state index contributed by atoms with van der Waals surface area (Å²) >= 11 is 5.68. The summed E-state index contributed by atoms with van der Waals surface area (Å²) in [6, 6.07) is 9.65. The van der Waals surface area contributed by atoms with Gasteiger partial charge in [-0.05, 0) is 23.6 Å². The van der Waals surface area contributed by atoms with Gasteiger partial charge in [0.1, 0.15) is 0 Å². The first kappa shape index (κ1) is 10.6. The molecule has 0 radical (unpaired) electrons. The maximum Gasteiger partial charge on any atom is 0.0994 e. The zero-order valence-electron chi connectivity index (χ0n) is 7.63. The van der Waals surface area contributed by atoms with Crippen molar-refractivity contribution in [2.24, 2.45) is 0 Å². The van der Waals surface area contributed by atoms with Crippen molar-refractivity contribution in [1.29, 1.82) is 10.5 Å². The first-order chi connectivity index (χ1) is 6.81. The van der Waals surface area contributed by atoms with E-state index < -0.39 is 0 Å². The quantitative estimate of drug-likeness (QED) is 0.711. The molecule has 1 aromatic rings. The minimum Gasteiger partial charge on any atom is -0.198 e. The molecule has 70 valence electrons. The summed E-state index contributed by atoms with van der Waals surface area (Å²) in [5, 5.41) is 17.3. The molecule has 0 saturated carbocycles. The number of halogens is 1. The lowest BCUT2D eigenvalue weighted by Gasteiger charge is -2.03. The zero-order chi connectivity index (χ0) is 10.4. The van der Waals surface area contributed by atoms with Gasteiger partial charge in [-0.25, -0.2) is 0 Å². The molecule has 14 heavy (non-hydrogen) atoms. The van der Waals surface area contributed by atoms with Gasteiger partial charge in [0.2, 0.25) is 0 Å². The van der Waals surface area contributed by atoms with Gasteiger partial charge in [-0.15, -0.1) is 11.6 Å². The fourth-order valence-corrected chi connectivity index (χ4v) is 1.40. The molecular formula is C11H9ClN2. The molecule has 0 bridgehead atoms. The lowest BCUT2D eigenvalue weighted by atomic mass is 10.0. The molecule has 0 fully saturated rings. The van der Waals surface area contributed by atoms with E-state index in [0.29, 0.717) is 24.3 Å². The molecule has 0 unspecified atom stereocenters. The van der Waals surface area contributed by atoms with E-state index in [1.165, 1.54) is 0 Å². The van der Waals surface area contributed by atoms with Crippen molar-refractivity contribution in [3.63, 3.8) is 0 Å². The van der Waals surface area contributed by atoms with Gasteiger partial charge in [-0.2, -0.15) is 10.5 Å². The third kappa shape index (κ3) is 2.49. The second kappa shape index (κ2) is 5.27. The van der Waals surface area contributed by atoms with Crippen molar-refractivity contribution in [2.45, 2.75) is 18.7 Å². The Bertz CT molecular complexity index is 399. The third-order valence-corrected chi connectivity index (χ3v) is 2.26. The summed E-state index contributed by atoms with van der Waals surface area (Å²) in [6.07, 6.45) is 1.05. The van der Waals surface area contributed by atoms with Crippen molar-refractivity contribution in [1.82, 2.24) is 0 Å². The van der Waals surface area contributed by atoms with Crippen LogP contribution in [0.25, 0.3) is 0 Å². The van der Waals surface area contributed by atoms with Crippen LogP contribution in [0, 0.1) is 22.7 Å². The Kier molecular flexibility index (Phi) is 3.98. The standard InChI is InChI=1S/C11H9ClN2/c12-7-9-3-4-11(8-14)10(6-9)2-1-5-13/h3-4,6H,1-2,7H2. The second-order valence-corrected chi connectivity index (χ2v) is 3.16. The van der Waals surface area contributed by atoms with Crippen LogP contribution in [0.1, 0.15) is 23.1 Å². The van der Waals surface area contributed by atoms with E-state index in [2.05, 4.69) is 12.1 Å². The first-order valence-corrected chi connectivity index (χ1v) is 4.80. The molecule has 0 N–H and O–H groups in total. The molecule has 1 rings (SSSR count). The van der Waals surface area contributed by atoms with Gasteiger partial charge in [0, 0.05) is 12.3 Å². The number of nitriles is 2. The van der Waals surface area contributed by atoms with Crippen LogP contribution < -0.4 is 0 Å². The molecular weight excluding hydrogens is 196 g/mol.